The lowest BCUT2D eigenvalue weighted by molar-refractivity contribution is -0.182. The number of benzene rings is 3. The Hall–Kier alpha value is -3.72. The van der Waals surface area contributed by atoms with Crippen LogP contribution in [0.4, 0.5) is 0 Å². The van der Waals surface area contributed by atoms with Crippen molar-refractivity contribution in [3.8, 4) is 0 Å². The van der Waals surface area contributed by atoms with Gasteiger partial charge < -0.3 is 24.5 Å². The van der Waals surface area contributed by atoms with E-state index in [9.17, 15) is 19.8 Å². The highest BCUT2D eigenvalue weighted by Crippen LogP contribution is 2.45. The van der Waals surface area contributed by atoms with Crippen LogP contribution >= 0.6 is 0 Å². The number of amides is 2. The fraction of sp³-hybridized carbons (Fsp3) is 0.231. The van der Waals surface area contributed by atoms with Gasteiger partial charge in [0.15, 0.2) is 0 Å². The molecule has 1 saturated heterocycles. The van der Waals surface area contributed by atoms with Crippen molar-refractivity contribution in [1.82, 2.24) is 14.9 Å². The van der Waals surface area contributed by atoms with Crippen LogP contribution in [0.25, 0.3) is 43.6 Å². The molecule has 0 saturated carbocycles. The zero-order valence-electron chi connectivity index (χ0n) is 18.2. The number of hydrogen-bond donors (Lipinski definition) is 4. The number of aliphatic hydroxyl groups excluding tert-OH is 2. The zero-order chi connectivity index (χ0) is 23.3. The second kappa shape index (κ2) is 6.66. The van der Waals surface area contributed by atoms with Crippen molar-refractivity contribution in [2.75, 3.05) is 0 Å². The Morgan fingerprint density at radius 3 is 2.38 bits per heavy atom. The molecule has 7 rings (SSSR count). The van der Waals surface area contributed by atoms with E-state index in [1.54, 1.807) is 6.92 Å². The number of hydrogen-bond acceptors (Lipinski definition) is 5. The maximum atomic E-state index is 13.1. The number of carbonyl (C=O) groups excluding carboxylic acids is 2. The molecule has 2 aromatic heterocycles. The predicted octanol–water partition coefficient (Wildman–Crippen LogP) is 3.34. The van der Waals surface area contributed by atoms with Gasteiger partial charge in [-0.3, -0.25) is 14.9 Å². The average Bonchev–Trinajstić information content (AvgIpc) is 3.46. The fourth-order valence-electron chi connectivity index (χ4n) is 5.78. The first kappa shape index (κ1) is 19.7. The molecule has 2 aliphatic heterocycles. The molecule has 0 spiro atoms. The number of aliphatic hydroxyl groups is 2. The third-order valence-corrected chi connectivity index (χ3v) is 7.26. The summed E-state index contributed by atoms with van der Waals surface area (Å²) in [6, 6.07) is 15.4. The van der Waals surface area contributed by atoms with E-state index in [0.29, 0.717) is 21.9 Å². The van der Waals surface area contributed by atoms with E-state index < -0.39 is 36.4 Å². The van der Waals surface area contributed by atoms with Crippen LogP contribution in [0.15, 0.2) is 48.5 Å². The Morgan fingerprint density at radius 1 is 0.941 bits per heavy atom. The molecular formula is C26H21N3O5. The number of H-pyrrole nitrogens is 1. The van der Waals surface area contributed by atoms with Crippen LogP contribution in [0.1, 0.15) is 40.3 Å². The number of nitrogens with zero attached hydrogens (tertiary/aromatic N) is 1. The Bertz CT molecular complexity index is 1690. The van der Waals surface area contributed by atoms with Crippen molar-refractivity contribution >= 4 is 55.4 Å². The van der Waals surface area contributed by atoms with Crippen molar-refractivity contribution in [2.45, 2.75) is 37.9 Å². The van der Waals surface area contributed by atoms with Crippen LogP contribution in [-0.4, -0.2) is 49.9 Å². The van der Waals surface area contributed by atoms with Gasteiger partial charge in [0.05, 0.1) is 39.9 Å². The first-order valence-corrected chi connectivity index (χ1v) is 11.3. The molecule has 8 nitrogen and oxygen atoms in total. The van der Waals surface area contributed by atoms with Gasteiger partial charge in [0, 0.05) is 33.5 Å². The number of ether oxygens (including phenoxy) is 1. The summed E-state index contributed by atoms with van der Waals surface area (Å²) in [4.78, 5) is 29.6. The number of imide groups is 1. The minimum Gasteiger partial charge on any atom is -0.390 e. The normalized spacial score (nSPS) is 25.0. The second-order valence-electron chi connectivity index (χ2n) is 9.15. The van der Waals surface area contributed by atoms with Crippen molar-refractivity contribution in [2.24, 2.45) is 0 Å². The van der Waals surface area contributed by atoms with Crippen molar-refractivity contribution in [3.05, 3.63) is 59.7 Å². The van der Waals surface area contributed by atoms with Crippen molar-refractivity contribution < 1.29 is 24.5 Å². The molecule has 0 radical (unpaired) electrons. The highest BCUT2D eigenvalue weighted by molar-refractivity contribution is 6.39. The molecule has 5 aromatic rings. The lowest BCUT2D eigenvalue weighted by Crippen LogP contribution is -2.45. The van der Waals surface area contributed by atoms with E-state index in [4.69, 9.17) is 4.74 Å². The quantitative estimate of drug-likeness (QED) is 0.289. The minimum atomic E-state index is -0.981. The molecule has 0 bridgehead atoms. The summed E-state index contributed by atoms with van der Waals surface area (Å²) < 4.78 is 8.18. The number of aromatic amines is 1. The maximum absolute atomic E-state index is 13.1. The molecule has 170 valence electrons. The lowest BCUT2D eigenvalue weighted by atomic mass is 9.96. The standard InChI is InChI=1S/C26H21N3O5/c1-11-24(31)16(30)10-17(34-11)29-15-9-5-3-7-13(15)19-21-20(25(32)28-26(21)33)18-12-6-2-4-8-14(12)27-22(18)23(19)29/h2-9,11,16-17,24,27,30-31H,10H2,1H3,(H,28,32,33)/t11-,16-,17+,24-/m0/s1. The molecule has 34 heavy (non-hydrogen) atoms. The maximum Gasteiger partial charge on any atom is 0.259 e. The molecule has 3 aromatic carbocycles. The van der Waals surface area contributed by atoms with Gasteiger partial charge in [0.2, 0.25) is 0 Å². The first-order valence-electron chi connectivity index (χ1n) is 11.3. The zero-order valence-corrected chi connectivity index (χ0v) is 18.2. The van der Waals surface area contributed by atoms with Crippen LogP contribution < -0.4 is 5.32 Å². The molecule has 0 unspecified atom stereocenters. The third kappa shape index (κ3) is 2.37. The lowest BCUT2D eigenvalue weighted by Gasteiger charge is -2.36. The number of nitrogens with one attached hydrogen (secondary N) is 2. The first-order chi connectivity index (χ1) is 16.5. The third-order valence-electron chi connectivity index (χ3n) is 7.26. The number of para-hydroxylation sites is 2. The molecule has 8 heteroatoms. The summed E-state index contributed by atoms with van der Waals surface area (Å²) in [7, 11) is 0. The van der Waals surface area contributed by atoms with Gasteiger partial charge in [-0.15, -0.1) is 0 Å². The van der Waals surface area contributed by atoms with Crippen LogP contribution in [0.5, 0.6) is 0 Å². The molecule has 1 fully saturated rings. The number of fused-ring (bicyclic) bond motifs is 10. The predicted molar refractivity (Wildman–Crippen MR) is 127 cm³/mol. The van der Waals surface area contributed by atoms with Gasteiger partial charge in [-0.2, -0.15) is 0 Å². The number of aromatic nitrogens is 2. The van der Waals surface area contributed by atoms with Gasteiger partial charge in [-0.1, -0.05) is 36.4 Å². The van der Waals surface area contributed by atoms with Crippen molar-refractivity contribution in [3.63, 3.8) is 0 Å². The SMILES string of the molecule is C[C@@H]1O[C@@H](n2c3ccccc3c3c4c(c5c6ccccc6[nH]c5c32)C(=O)NC4=O)C[C@H](O)[C@H]1O. The summed E-state index contributed by atoms with van der Waals surface area (Å²) in [5.74, 6) is -0.831. The van der Waals surface area contributed by atoms with E-state index in [0.717, 1.165) is 32.8 Å². The number of carbonyl (C=O) groups is 2. The molecule has 4 N–H and O–H groups in total. The van der Waals surface area contributed by atoms with Crippen LogP contribution in [0, 0.1) is 0 Å². The second-order valence-corrected chi connectivity index (χ2v) is 9.15. The van der Waals surface area contributed by atoms with Crippen LogP contribution in [-0.2, 0) is 4.74 Å². The Balaban J connectivity index is 1.72. The Morgan fingerprint density at radius 2 is 1.62 bits per heavy atom. The van der Waals surface area contributed by atoms with Crippen LogP contribution in [0.2, 0.25) is 0 Å². The van der Waals surface area contributed by atoms with Gasteiger partial charge in [-0.25, -0.2) is 0 Å². The van der Waals surface area contributed by atoms with E-state index in [2.05, 4.69) is 10.3 Å². The number of rotatable bonds is 1. The summed E-state index contributed by atoms with van der Waals surface area (Å²) in [6.45, 7) is 1.73. The van der Waals surface area contributed by atoms with Gasteiger partial charge in [-0.05, 0) is 19.1 Å². The molecular weight excluding hydrogens is 434 g/mol. The van der Waals surface area contributed by atoms with E-state index in [1.165, 1.54) is 0 Å². The van der Waals surface area contributed by atoms with E-state index in [1.807, 2.05) is 53.1 Å². The highest BCUT2D eigenvalue weighted by Gasteiger charge is 2.39. The van der Waals surface area contributed by atoms with Crippen molar-refractivity contribution in [1.29, 1.82) is 0 Å². The summed E-state index contributed by atoms with van der Waals surface area (Å²) >= 11 is 0. The summed E-state index contributed by atoms with van der Waals surface area (Å²) in [6.07, 6.45) is -2.91. The Kier molecular flexibility index (Phi) is 3.87. The van der Waals surface area contributed by atoms with Gasteiger partial charge >= 0.3 is 0 Å². The summed E-state index contributed by atoms with van der Waals surface area (Å²) in [5, 5.41) is 26.3. The smallest absolute Gasteiger partial charge is 0.259 e. The minimum absolute atomic E-state index is 0.184. The molecule has 0 aliphatic carbocycles. The monoisotopic (exact) mass is 455 g/mol. The molecule has 4 atom stereocenters. The average molecular weight is 455 g/mol. The molecule has 2 amide bonds. The summed E-state index contributed by atoms with van der Waals surface area (Å²) in [5.41, 5.74) is 3.87. The van der Waals surface area contributed by atoms with E-state index >= 15 is 0 Å². The highest BCUT2D eigenvalue weighted by atomic mass is 16.5. The van der Waals surface area contributed by atoms with Gasteiger partial charge in [0.1, 0.15) is 12.3 Å². The Labute approximate surface area is 192 Å². The fourth-order valence-corrected chi connectivity index (χ4v) is 5.78. The van der Waals surface area contributed by atoms with Gasteiger partial charge in [0.25, 0.3) is 11.8 Å². The topological polar surface area (TPSA) is 117 Å². The van der Waals surface area contributed by atoms with E-state index in [-0.39, 0.29) is 6.42 Å². The molecule has 2 aliphatic rings. The van der Waals surface area contributed by atoms with Crippen LogP contribution in [0.3, 0.4) is 0 Å². The molecule has 4 heterocycles. The largest absolute Gasteiger partial charge is 0.390 e.